The Morgan fingerprint density at radius 2 is 1.76 bits per heavy atom. The van der Waals surface area contributed by atoms with Crippen LogP contribution in [0, 0.1) is 11.8 Å². The van der Waals surface area contributed by atoms with Gasteiger partial charge in [0.25, 0.3) is 5.91 Å². The van der Waals surface area contributed by atoms with Gasteiger partial charge in [-0.15, -0.1) is 0 Å². The topological polar surface area (TPSA) is 182 Å². The molecule has 1 aromatic carbocycles. The van der Waals surface area contributed by atoms with Gasteiger partial charge in [-0.2, -0.15) is 0 Å². The lowest BCUT2D eigenvalue weighted by molar-refractivity contribution is -0.153. The normalized spacial score (nSPS) is 27.4. The summed E-state index contributed by atoms with van der Waals surface area (Å²) in [6, 6.07) is 1.73. The Labute approximate surface area is 212 Å². The molecular formula is C26H29N3O8. The Balaban J connectivity index is 1.92. The zero-order valence-corrected chi connectivity index (χ0v) is 20.8. The number of phenols is 1. The summed E-state index contributed by atoms with van der Waals surface area (Å²) in [5.41, 5.74) is 2.53. The van der Waals surface area contributed by atoms with Crippen LogP contribution in [0.4, 0.5) is 0 Å². The summed E-state index contributed by atoms with van der Waals surface area (Å²) in [5, 5.41) is 44.2. The predicted molar refractivity (Wildman–Crippen MR) is 132 cm³/mol. The van der Waals surface area contributed by atoms with E-state index >= 15 is 0 Å². The molecule has 196 valence electrons. The fraction of sp³-hybridized carbons (Fsp3) is 0.385. The second-order valence-corrected chi connectivity index (χ2v) is 10.1. The van der Waals surface area contributed by atoms with Crippen LogP contribution >= 0.6 is 0 Å². The van der Waals surface area contributed by atoms with Crippen LogP contribution in [0.15, 0.2) is 35.1 Å². The summed E-state index contributed by atoms with van der Waals surface area (Å²) >= 11 is 0. The molecule has 4 unspecified atom stereocenters. The molecule has 37 heavy (non-hydrogen) atoms. The summed E-state index contributed by atoms with van der Waals surface area (Å²) in [6.45, 7) is 0. The number of fused-ring (bicyclic) bond motifs is 3. The summed E-state index contributed by atoms with van der Waals surface area (Å²) in [6.07, 6.45) is 3.00. The van der Waals surface area contributed by atoms with Gasteiger partial charge in [0.15, 0.2) is 11.4 Å². The minimum Gasteiger partial charge on any atom is -0.508 e. The number of nitrogens with two attached hydrogens (primary N) is 1. The van der Waals surface area contributed by atoms with E-state index in [2.05, 4.69) is 0 Å². The zero-order chi connectivity index (χ0) is 27.6. The number of likely N-dealkylation sites (N-methyl/N-ethyl adjacent to an activating group) is 2. The summed E-state index contributed by atoms with van der Waals surface area (Å²) in [5.74, 6) is -7.33. The number of hydrogen-bond donors (Lipinski definition) is 5. The van der Waals surface area contributed by atoms with E-state index in [4.69, 9.17) is 5.73 Å². The van der Waals surface area contributed by atoms with E-state index < -0.39 is 58.0 Å². The van der Waals surface area contributed by atoms with Crippen LogP contribution in [0.2, 0.25) is 0 Å². The molecule has 11 nitrogen and oxygen atoms in total. The lowest BCUT2D eigenvalue weighted by atomic mass is 9.57. The van der Waals surface area contributed by atoms with E-state index in [1.54, 1.807) is 26.2 Å². The van der Waals surface area contributed by atoms with Gasteiger partial charge in [0.05, 0.1) is 11.6 Å². The van der Waals surface area contributed by atoms with Crippen LogP contribution in [0.5, 0.6) is 5.75 Å². The monoisotopic (exact) mass is 511 g/mol. The largest absolute Gasteiger partial charge is 0.508 e. The highest BCUT2D eigenvalue weighted by Crippen LogP contribution is 2.53. The van der Waals surface area contributed by atoms with Crippen molar-refractivity contribution in [1.29, 1.82) is 0 Å². The predicted octanol–water partition coefficient (Wildman–Crippen LogP) is 0.0654. The number of primary amides is 1. The molecule has 0 bridgehead atoms. The molecule has 0 heterocycles. The quantitative estimate of drug-likeness (QED) is 0.276. The highest BCUT2D eigenvalue weighted by atomic mass is 16.3. The van der Waals surface area contributed by atoms with E-state index in [1.165, 1.54) is 36.0 Å². The van der Waals surface area contributed by atoms with Crippen molar-refractivity contribution < 1.29 is 39.6 Å². The third-order valence-electron chi connectivity index (χ3n) is 7.49. The molecule has 4 atom stereocenters. The number of amides is 2. The molecule has 1 saturated carbocycles. The van der Waals surface area contributed by atoms with E-state index in [-0.39, 0.29) is 35.6 Å². The van der Waals surface area contributed by atoms with E-state index in [1.807, 2.05) is 0 Å². The average Bonchev–Trinajstić information content (AvgIpc) is 2.80. The number of aromatic hydroxyl groups is 1. The number of nitrogens with zero attached hydrogens (tertiary/aromatic N) is 2. The Bertz CT molecular complexity index is 1340. The first-order valence-electron chi connectivity index (χ1n) is 11.6. The smallest absolute Gasteiger partial charge is 0.255 e. The maximum Gasteiger partial charge on any atom is 0.255 e. The van der Waals surface area contributed by atoms with E-state index in [0.717, 1.165) is 0 Å². The van der Waals surface area contributed by atoms with Gasteiger partial charge >= 0.3 is 0 Å². The Kier molecular flexibility index (Phi) is 6.25. The highest BCUT2D eigenvalue weighted by molar-refractivity contribution is 6.24. The van der Waals surface area contributed by atoms with Gasteiger partial charge in [-0.1, -0.05) is 6.07 Å². The number of carbonyl (C=O) groups is 4. The molecule has 1 fully saturated rings. The summed E-state index contributed by atoms with van der Waals surface area (Å²) in [7, 11) is 6.26. The van der Waals surface area contributed by atoms with Crippen molar-refractivity contribution in [2.75, 3.05) is 28.2 Å². The number of benzene rings is 1. The maximum absolute atomic E-state index is 13.8. The molecule has 0 saturated heterocycles. The Morgan fingerprint density at radius 1 is 1.11 bits per heavy atom. The van der Waals surface area contributed by atoms with Crippen LogP contribution in [0.25, 0.3) is 11.8 Å². The van der Waals surface area contributed by atoms with Crippen LogP contribution in [0.1, 0.15) is 23.1 Å². The molecule has 3 aliphatic rings. The molecule has 6 N–H and O–H groups in total. The summed E-state index contributed by atoms with van der Waals surface area (Å²) in [4.78, 5) is 53.8. The molecule has 3 aliphatic carbocycles. The number of ketones is 2. The van der Waals surface area contributed by atoms with Crippen molar-refractivity contribution in [1.82, 2.24) is 9.80 Å². The minimum atomic E-state index is -2.68. The first-order valence-corrected chi connectivity index (χ1v) is 11.6. The van der Waals surface area contributed by atoms with Crippen molar-refractivity contribution in [3.63, 3.8) is 0 Å². The molecule has 0 aliphatic heterocycles. The number of carbonyl (C=O) groups excluding carboxylic acids is 4. The van der Waals surface area contributed by atoms with Crippen molar-refractivity contribution in [2.24, 2.45) is 17.6 Å². The third-order valence-corrected chi connectivity index (χ3v) is 7.49. The SMILES string of the molecule is CN(C)C(=O)/C=C/c1ccc(O)c2c1CC1CC3C(N(C)C)C(=O)C(C(N)=O)=C(O)C3(O)C(=O)C1=C2O. The number of hydrogen-bond acceptors (Lipinski definition) is 9. The van der Waals surface area contributed by atoms with Gasteiger partial charge in [-0.05, 0) is 56.1 Å². The van der Waals surface area contributed by atoms with Crippen LogP contribution in [-0.4, -0.2) is 93.4 Å². The Hall–Kier alpha value is -3.96. The first kappa shape index (κ1) is 26.1. The fourth-order valence-electron chi connectivity index (χ4n) is 5.73. The Morgan fingerprint density at radius 3 is 2.32 bits per heavy atom. The van der Waals surface area contributed by atoms with Crippen molar-refractivity contribution in [3.05, 3.63) is 51.8 Å². The minimum absolute atomic E-state index is 0.0127. The second kappa shape index (κ2) is 8.86. The molecular weight excluding hydrogens is 482 g/mol. The van der Waals surface area contributed by atoms with Crippen molar-refractivity contribution in [2.45, 2.75) is 24.5 Å². The lowest BCUT2D eigenvalue weighted by Crippen LogP contribution is -2.65. The fourth-order valence-corrected chi connectivity index (χ4v) is 5.73. The van der Waals surface area contributed by atoms with E-state index in [0.29, 0.717) is 11.1 Å². The van der Waals surface area contributed by atoms with Crippen LogP contribution in [-0.2, 0) is 25.6 Å². The molecule has 0 radical (unpaired) electrons. The number of phenolic OH excluding ortho intramolecular Hbond substituents is 1. The first-order chi connectivity index (χ1) is 17.2. The van der Waals surface area contributed by atoms with Crippen molar-refractivity contribution >= 4 is 35.2 Å². The number of aliphatic hydroxyl groups is 3. The zero-order valence-electron chi connectivity index (χ0n) is 20.8. The lowest BCUT2D eigenvalue weighted by Gasteiger charge is -2.50. The number of aliphatic hydroxyl groups excluding tert-OH is 2. The number of rotatable bonds is 4. The van der Waals surface area contributed by atoms with Crippen LogP contribution in [0.3, 0.4) is 0 Å². The van der Waals surface area contributed by atoms with Gasteiger partial charge in [0.1, 0.15) is 22.8 Å². The third kappa shape index (κ3) is 3.73. The van der Waals surface area contributed by atoms with Gasteiger partial charge < -0.3 is 31.1 Å². The molecule has 11 heteroatoms. The van der Waals surface area contributed by atoms with Crippen LogP contribution < -0.4 is 5.73 Å². The van der Waals surface area contributed by atoms with Gasteiger partial charge in [-0.3, -0.25) is 24.1 Å². The molecule has 4 rings (SSSR count). The highest BCUT2D eigenvalue weighted by Gasteiger charge is 2.64. The van der Waals surface area contributed by atoms with E-state index in [9.17, 15) is 39.6 Å². The molecule has 0 aromatic heterocycles. The molecule has 2 amide bonds. The standard InChI is InChI=1S/C26H29N3O8/c1-28(2)16(31)8-6-11-5-7-15(30)18-13(11)9-12-10-14-20(29(3)4)22(33)19(25(27)36)24(35)26(14,37)23(34)17(12)21(18)32/h5-8,12,14,20,30,32,35,37H,9-10H2,1-4H3,(H2,27,36)/b8-6+. The van der Waals surface area contributed by atoms with Gasteiger partial charge in [0, 0.05) is 31.7 Å². The van der Waals surface area contributed by atoms with Gasteiger partial charge in [0.2, 0.25) is 11.7 Å². The molecule has 1 aromatic rings. The van der Waals surface area contributed by atoms with Crippen molar-refractivity contribution in [3.8, 4) is 5.75 Å². The average molecular weight is 512 g/mol. The maximum atomic E-state index is 13.8. The second-order valence-electron chi connectivity index (χ2n) is 10.1. The number of Topliss-reactive ketones (excluding diaryl/α,β-unsaturated/α-hetero) is 2. The van der Waals surface area contributed by atoms with Gasteiger partial charge in [-0.25, -0.2) is 0 Å². The summed E-state index contributed by atoms with van der Waals surface area (Å²) < 4.78 is 0. The molecule has 0 spiro atoms.